The maximum absolute atomic E-state index is 12.0. The first-order valence-corrected chi connectivity index (χ1v) is 6.32. The molecule has 0 bridgehead atoms. The van der Waals surface area contributed by atoms with Gasteiger partial charge in [0, 0.05) is 6.54 Å². The van der Waals surface area contributed by atoms with Crippen molar-refractivity contribution in [1.82, 2.24) is 0 Å². The highest BCUT2D eigenvalue weighted by molar-refractivity contribution is 5.94. The average molecular weight is 250 g/mol. The molecule has 1 unspecified atom stereocenters. The Morgan fingerprint density at radius 1 is 1.44 bits per heavy atom. The van der Waals surface area contributed by atoms with Gasteiger partial charge in [-0.1, -0.05) is 26.8 Å². The molecular formula is C14H22N2O2. The molecule has 0 aromatic heterocycles. The summed E-state index contributed by atoms with van der Waals surface area (Å²) in [5.74, 6) is -0.127. The summed E-state index contributed by atoms with van der Waals surface area (Å²) in [4.78, 5) is 12.0. The maximum atomic E-state index is 12.0. The molecule has 0 heterocycles. The second kappa shape index (κ2) is 6.40. The van der Waals surface area contributed by atoms with E-state index in [2.05, 4.69) is 5.32 Å². The van der Waals surface area contributed by atoms with Gasteiger partial charge >= 0.3 is 0 Å². The molecule has 100 valence electrons. The van der Waals surface area contributed by atoms with Crippen molar-refractivity contribution in [1.29, 1.82) is 0 Å². The SMILES string of the molecule is CCc1ccc(O)c(NC(=O)C(CN)C(C)C)c1. The van der Waals surface area contributed by atoms with Crippen LogP contribution in [-0.2, 0) is 11.2 Å². The highest BCUT2D eigenvalue weighted by atomic mass is 16.3. The van der Waals surface area contributed by atoms with Crippen molar-refractivity contribution >= 4 is 11.6 Å². The first-order valence-electron chi connectivity index (χ1n) is 6.32. The van der Waals surface area contributed by atoms with Gasteiger partial charge in [0.1, 0.15) is 5.75 Å². The van der Waals surface area contributed by atoms with Crippen molar-refractivity contribution in [3.8, 4) is 5.75 Å². The summed E-state index contributed by atoms with van der Waals surface area (Å²) in [6, 6.07) is 5.23. The second-order valence-corrected chi connectivity index (χ2v) is 4.78. The molecular weight excluding hydrogens is 228 g/mol. The zero-order valence-corrected chi connectivity index (χ0v) is 11.2. The van der Waals surface area contributed by atoms with Crippen molar-refractivity contribution in [2.75, 3.05) is 11.9 Å². The molecule has 1 rings (SSSR count). The van der Waals surface area contributed by atoms with Crippen LogP contribution in [0.3, 0.4) is 0 Å². The third kappa shape index (κ3) is 3.47. The Kier molecular flexibility index (Phi) is 5.16. The fourth-order valence-corrected chi connectivity index (χ4v) is 1.81. The number of nitrogens with two attached hydrogens (primary N) is 1. The summed E-state index contributed by atoms with van der Waals surface area (Å²) in [7, 11) is 0. The molecule has 1 atom stereocenters. The Balaban J connectivity index is 2.86. The van der Waals surface area contributed by atoms with Crippen LogP contribution >= 0.6 is 0 Å². The third-order valence-electron chi connectivity index (χ3n) is 3.12. The van der Waals surface area contributed by atoms with Gasteiger partial charge in [-0.2, -0.15) is 0 Å². The minimum absolute atomic E-state index is 0.0834. The number of anilines is 1. The Morgan fingerprint density at radius 2 is 2.11 bits per heavy atom. The molecule has 0 fully saturated rings. The van der Waals surface area contributed by atoms with Crippen LogP contribution in [0.25, 0.3) is 0 Å². The topological polar surface area (TPSA) is 75.3 Å². The summed E-state index contributed by atoms with van der Waals surface area (Å²) in [5.41, 5.74) is 7.12. The minimum Gasteiger partial charge on any atom is -0.506 e. The lowest BCUT2D eigenvalue weighted by molar-refractivity contribution is -0.120. The van der Waals surface area contributed by atoms with Crippen LogP contribution in [0.1, 0.15) is 26.3 Å². The van der Waals surface area contributed by atoms with Gasteiger partial charge in [-0.25, -0.2) is 0 Å². The quantitative estimate of drug-likeness (QED) is 0.701. The molecule has 18 heavy (non-hydrogen) atoms. The van der Waals surface area contributed by atoms with Gasteiger partial charge in [-0.3, -0.25) is 4.79 Å². The lowest BCUT2D eigenvalue weighted by Gasteiger charge is -2.19. The third-order valence-corrected chi connectivity index (χ3v) is 3.12. The Labute approximate surface area is 108 Å². The molecule has 4 heteroatoms. The van der Waals surface area contributed by atoms with Crippen LogP contribution in [-0.4, -0.2) is 17.6 Å². The fraction of sp³-hybridized carbons (Fsp3) is 0.500. The van der Waals surface area contributed by atoms with Crippen LogP contribution in [0, 0.1) is 11.8 Å². The van der Waals surface area contributed by atoms with Crippen LogP contribution < -0.4 is 11.1 Å². The molecule has 4 N–H and O–H groups in total. The van der Waals surface area contributed by atoms with Crippen LogP contribution in [0.2, 0.25) is 0 Å². The molecule has 0 saturated heterocycles. The summed E-state index contributed by atoms with van der Waals surface area (Å²) in [5, 5.41) is 12.5. The highest BCUT2D eigenvalue weighted by Gasteiger charge is 2.21. The molecule has 0 saturated carbocycles. The number of nitrogens with one attached hydrogen (secondary N) is 1. The lowest BCUT2D eigenvalue weighted by Crippen LogP contribution is -2.33. The van der Waals surface area contributed by atoms with Gasteiger partial charge in [0.15, 0.2) is 0 Å². The number of amides is 1. The zero-order valence-electron chi connectivity index (χ0n) is 11.2. The van der Waals surface area contributed by atoms with E-state index in [1.807, 2.05) is 26.8 Å². The summed E-state index contributed by atoms with van der Waals surface area (Å²) in [6.45, 7) is 6.24. The van der Waals surface area contributed by atoms with Crippen molar-refractivity contribution in [3.63, 3.8) is 0 Å². The van der Waals surface area contributed by atoms with Gasteiger partial charge in [0.2, 0.25) is 5.91 Å². The first-order chi connectivity index (χ1) is 8.49. The monoisotopic (exact) mass is 250 g/mol. The number of carbonyl (C=O) groups is 1. The number of aromatic hydroxyl groups is 1. The van der Waals surface area contributed by atoms with Crippen LogP contribution in [0.15, 0.2) is 18.2 Å². The minimum atomic E-state index is -0.241. The summed E-state index contributed by atoms with van der Waals surface area (Å²) in [6.07, 6.45) is 0.855. The van der Waals surface area contributed by atoms with Crippen LogP contribution in [0.4, 0.5) is 5.69 Å². The van der Waals surface area contributed by atoms with Gasteiger partial charge < -0.3 is 16.2 Å². The molecule has 0 spiro atoms. The van der Waals surface area contributed by atoms with E-state index in [0.29, 0.717) is 12.2 Å². The second-order valence-electron chi connectivity index (χ2n) is 4.78. The number of phenols is 1. The normalized spacial score (nSPS) is 12.5. The Morgan fingerprint density at radius 3 is 2.61 bits per heavy atom. The summed E-state index contributed by atoms with van der Waals surface area (Å²) < 4.78 is 0. The molecule has 1 aromatic rings. The standard InChI is InChI=1S/C14H22N2O2/c1-4-10-5-6-13(17)12(7-10)16-14(18)11(8-15)9(2)3/h5-7,9,11,17H,4,8,15H2,1-3H3,(H,16,18). The number of hydrogen-bond donors (Lipinski definition) is 3. The van der Waals surface area contributed by atoms with Gasteiger partial charge in [-0.05, 0) is 30.0 Å². The molecule has 4 nitrogen and oxygen atoms in total. The van der Waals surface area contributed by atoms with E-state index in [0.717, 1.165) is 12.0 Å². The van der Waals surface area contributed by atoms with E-state index < -0.39 is 0 Å². The molecule has 0 aliphatic heterocycles. The number of phenolic OH excluding ortho intramolecular Hbond substituents is 1. The molecule has 0 aliphatic rings. The fourth-order valence-electron chi connectivity index (χ4n) is 1.81. The number of rotatable bonds is 5. The Bertz CT molecular complexity index is 416. The van der Waals surface area contributed by atoms with Gasteiger partial charge in [0.05, 0.1) is 11.6 Å². The van der Waals surface area contributed by atoms with E-state index in [-0.39, 0.29) is 23.5 Å². The van der Waals surface area contributed by atoms with E-state index in [1.54, 1.807) is 12.1 Å². The lowest BCUT2D eigenvalue weighted by atomic mass is 9.95. The summed E-state index contributed by atoms with van der Waals surface area (Å²) >= 11 is 0. The zero-order chi connectivity index (χ0) is 13.7. The van der Waals surface area contributed by atoms with Crippen LogP contribution in [0.5, 0.6) is 5.75 Å². The number of hydrogen-bond acceptors (Lipinski definition) is 3. The van der Waals surface area contributed by atoms with Crippen molar-refractivity contribution < 1.29 is 9.90 Å². The number of aryl methyl sites for hydroxylation is 1. The molecule has 0 aliphatic carbocycles. The van der Waals surface area contributed by atoms with Crippen molar-refractivity contribution in [3.05, 3.63) is 23.8 Å². The van der Waals surface area contributed by atoms with E-state index in [4.69, 9.17) is 5.73 Å². The van der Waals surface area contributed by atoms with E-state index >= 15 is 0 Å². The predicted molar refractivity (Wildman–Crippen MR) is 73.5 cm³/mol. The smallest absolute Gasteiger partial charge is 0.229 e. The van der Waals surface area contributed by atoms with Crippen molar-refractivity contribution in [2.24, 2.45) is 17.6 Å². The van der Waals surface area contributed by atoms with E-state index in [1.165, 1.54) is 0 Å². The molecule has 0 radical (unpaired) electrons. The number of benzene rings is 1. The molecule has 1 amide bonds. The Hall–Kier alpha value is -1.55. The molecule has 1 aromatic carbocycles. The predicted octanol–water partition coefficient (Wildman–Crippen LogP) is 2.12. The van der Waals surface area contributed by atoms with Crippen molar-refractivity contribution in [2.45, 2.75) is 27.2 Å². The highest BCUT2D eigenvalue weighted by Crippen LogP contribution is 2.25. The largest absolute Gasteiger partial charge is 0.506 e. The maximum Gasteiger partial charge on any atom is 0.229 e. The first kappa shape index (κ1) is 14.5. The van der Waals surface area contributed by atoms with E-state index in [9.17, 15) is 9.90 Å². The number of carbonyl (C=O) groups excluding carboxylic acids is 1. The average Bonchev–Trinajstić information content (AvgIpc) is 2.32. The van der Waals surface area contributed by atoms with Gasteiger partial charge in [-0.15, -0.1) is 0 Å². The van der Waals surface area contributed by atoms with Gasteiger partial charge in [0.25, 0.3) is 0 Å².